The van der Waals surface area contributed by atoms with Crippen LogP contribution in [-0.4, -0.2) is 15.0 Å². The summed E-state index contributed by atoms with van der Waals surface area (Å²) in [5.41, 5.74) is 1.09. The van der Waals surface area contributed by atoms with E-state index >= 15 is 0 Å². The zero-order valence-corrected chi connectivity index (χ0v) is 13.8. The average molecular weight is 355 g/mol. The summed E-state index contributed by atoms with van der Waals surface area (Å²) in [6.45, 7) is 3.14. The monoisotopic (exact) mass is 355 g/mol. The van der Waals surface area contributed by atoms with Gasteiger partial charge in [0.1, 0.15) is 11.5 Å². The topological polar surface area (TPSA) is 125 Å². The minimum Gasteiger partial charge on any atom is -0.457 e. The van der Waals surface area contributed by atoms with Gasteiger partial charge in [-0.2, -0.15) is 0 Å². The van der Waals surface area contributed by atoms with Crippen LogP contribution in [0.15, 0.2) is 39.3 Å². The molecule has 3 rings (SSSR count). The van der Waals surface area contributed by atoms with Crippen LogP contribution in [0.1, 0.15) is 22.8 Å². The lowest BCUT2D eigenvalue weighted by Crippen LogP contribution is -1.91. The molecule has 0 unspecified atom stereocenters. The summed E-state index contributed by atoms with van der Waals surface area (Å²) in [6, 6.07) is 8.11. The molecule has 0 aliphatic carbocycles. The molecule has 26 heavy (non-hydrogen) atoms. The highest BCUT2D eigenvalue weighted by Gasteiger charge is 2.22. The second kappa shape index (κ2) is 6.63. The summed E-state index contributed by atoms with van der Waals surface area (Å²) in [5, 5.41) is 25.6. The van der Waals surface area contributed by atoms with Crippen molar-refractivity contribution in [3.05, 3.63) is 73.3 Å². The lowest BCUT2D eigenvalue weighted by Gasteiger charge is -2.00. The van der Waals surface area contributed by atoms with E-state index in [-0.39, 0.29) is 22.8 Å². The molecule has 2 aromatic heterocycles. The maximum atomic E-state index is 11.1. The van der Waals surface area contributed by atoms with E-state index in [0.29, 0.717) is 22.6 Å². The minimum absolute atomic E-state index is 0.00347. The van der Waals surface area contributed by atoms with Gasteiger partial charge in [-0.25, -0.2) is 0 Å². The van der Waals surface area contributed by atoms with Crippen LogP contribution >= 0.6 is 0 Å². The van der Waals surface area contributed by atoms with Crippen molar-refractivity contribution in [1.82, 2.24) is 5.16 Å². The van der Waals surface area contributed by atoms with Crippen molar-refractivity contribution in [2.24, 2.45) is 0 Å². The van der Waals surface area contributed by atoms with Gasteiger partial charge in [0.05, 0.1) is 9.85 Å². The molecular weight excluding hydrogens is 342 g/mol. The first-order chi connectivity index (χ1) is 12.4. The number of nitro benzene ring substituents is 1. The highest BCUT2D eigenvalue weighted by molar-refractivity contribution is 5.71. The predicted molar refractivity (Wildman–Crippen MR) is 92.4 cm³/mol. The molecule has 0 spiro atoms. The van der Waals surface area contributed by atoms with E-state index < -0.39 is 9.85 Å². The van der Waals surface area contributed by atoms with Crippen LogP contribution in [0, 0.1) is 34.1 Å². The molecule has 9 heteroatoms. The number of hydrogen-bond acceptors (Lipinski definition) is 7. The molecule has 3 aromatic rings. The van der Waals surface area contributed by atoms with Crippen LogP contribution in [0.3, 0.4) is 0 Å². The number of nitro groups is 2. The number of aromatic nitrogens is 1. The molecule has 0 saturated heterocycles. The summed E-state index contributed by atoms with van der Waals surface area (Å²) < 4.78 is 10.6. The molecule has 0 amide bonds. The number of aryl methyl sites for hydroxylation is 2. The Morgan fingerprint density at radius 2 is 1.81 bits per heavy atom. The van der Waals surface area contributed by atoms with Crippen molar-refractivity contribution < 1.29 is 18.8 Å². The molecule has 0 radical (unpaired) electrons. The predicted octanol–water partition coefficient (Wildman–Crippen LogP) is 4.54. The minimum atomic E-state index is -0.565. The fraction of sp³-hybridized carbons (Fsp3) is 0.118. The maximum Gasteiger partial charge on any atom is 0.338 e. The lowest BCUT2D eigenvalue weighted by molar-refractivity contribution is -0.386. The molecule has 132 valence electrons. The summed E-state index contributed by atoms with van der Waals surface area (Å²) >= 11 is 0. The number of furan rings is 1. The normalized spacial score (nSPS) is 11.2. The van der Waals surface area contributed by atoms with Gasteiger partial charge >= 0.3 is 5.69 Å². The van der Waals surface area contributed by atoms with Crippen molar-refractivity contribution in [2.75, 3.05) is 0 Å². The van der Waals surface area contributed by atoms with E-state index in [2.05, 4.69) is 5.16 Å². The van der Waals surface area contributed by atoms with Crippen LogP contribution in [-0.2, 0) is 0 Å². The second-order valence-corrected chi connectivity index (χ2v) is 5.53. The Bertz CT molecular complexity index is 1030. The van der Waals surface area contributed by atoms with Gasteiger partial charge in [-0.15, -0.1) is 0 Å². The maximum absolute atomic E-state index is 11.1. The summed E-state index contributed by atoms with van der Waals surface area (Å²) in [7, 11) is 0. The van der Waals surface area contributed by atoms with Crippen molar-refractivity contribution in [3.63, 3.8) is 0 Å². The van der Waals surface area contributed by atoms with Crippen molar-refractivity contribution in [3.8, 4) is 11.3 Å². The van der Waals surface area contributed by atoms with Crippen LogP contribution in [0.2, 0.25) is 0 Å². The van der Waals surface area contributed by atoms with Crippen LogP contribution in [0.4, 0.5) is 11.4 Å². The Labute approximate surface area is 146 Å². The molecule has 0 aliphatic heterocycles. The van der Waals surface area contributed by atoms with E-state index in [4.69, 9.17) is 8.94 Å². The summed E-state index contributed by atoms with van der Waals surface area (Å²) in [6.07, 6.45) is 2.89. The van der Waals surface area contributed by atoms with E-state index in [1.54, 1.807) is 31.2 Å². The second-order valence-electron chi connectivity index (χ2n) is 5.53. The zero-order chi connectivity index (χ0) is 18.8. The molecule has 0 bridgehead atoms. The first-order valence-electron chi connectivity index (χ1n) is 7.51. The van der Waals surface area contributed by atoms with Crippen LogP contribution in [0.5, 0.6) is 0 Å². The molecular formula is C17H13N3O6. The van der Waals surface area contributed by atoms with Gasteiger partial charge in [0, 0.05) is 17.2 Å². The SMILES string of the molecule is Cc1ccc(-c2ccc(/C=C\c3onc(C)c3[N+](=O)[O-])o2)cc1[N+](=O)[O-]. The van der Waals surface area contributed by atoms with Crippen LogP contribution < -0.4 is 0 Å². The van der Waals surface area contributed by atoms with Crippen molar-refractivity contribution in [1.29, 1.82) is 0 Å². The van der Waals surface area contributed by atoms with Gasteiger partial charge < -0.3 is 8.94 Å². The molecule has 0 N–H and O–H groups in total. The smallest absolute Gasteiger partial charge is 0.338 e. The summed E-state index contributed by atoms with van der Waals surface area (Å²) in [4.78, 5) is 21.0. The van der Waals surface area contributed by atoms with Gasteiger partial charge in [0.15, 0.2) is 5.69 Å². The van der Waals surface area contributed by atoms with E-state index in [0.717, 1.165) is 0 Å². The van der Waals surface area contributed by atoms with Crippen LogP contribution in [0.25, 0.3) is 23.5 Å². The first-order valence-corrected chi connectivity index (χ1v) is 7.51. The molecule has 1 aromatic carbocycles. The van der Waals surface area contributed by atoms with E-state index in [1.165, 1.54) is 25.1 Å². The third-order valence-electron chi connectivity index (χ3n) is 3.76. The molecule has 0 saturated carbocycles. The fourth-order valence-corrected chi connectivity index (χ4v) is 2.43. The Kier molecular flexibility index (Phi) is 4.36. The Balaban J connectivity index is 1.88. The van der Waals surface area contributed by atoms with Crippen molar-refractivity contribution >= 4 is 23.5 Å². The van der Waals surface area contributed by atoms with Gasteiger partial charge in [-0.3, -0.25) is 20.2 Å². The van der Waals surface area contributed by atoms with E-state index in [9.17, 15) is 20.2 Å². The Morgan fingerprint density at radius 1 is 1.04 bits per heavy atom. The molecule has 0 aliphatic rings. The van der Waals surface area contributed by atoms with Gasteiger partial charge in [0.2, 0.25) is 5.76 Å². The molecule has 0 atom stereocenters. The van der Waals surface area contributed by atoms with E-state index in [1.807, 2.05) is 0 Å². The fourth-order valence-electron chi connectivity index (χ4n) is 2.43. The van der Waals surface area contributed by atoms with Crippen molar-refractivity contribution in [2.45, 2.75) is 13.8 Å². The number of rotatable bonds is 5. The third-order valence-corrected chi connectivity index (χ3v) is 3.76. The molecule has 9 nitrogen and oxygen atoms in total. The third kappa shape index (κ3) is 3.22. The quantitative estimate of drug-likeness (QED) is 0.486. The van der Waals surface area contributed by atoms with Gasteiger partial charge in [0.25, 0.3) is 5.69 Å². The highest BCUT2D eigenvalue weighted by Crippen LogP contribution is 2.29. The number of hydrogen-bond donors (Lipinski definition) is 0. The standard InChI is InChI=1S/C17H13N3O6/c1-10-3-4-12(9-14(10)19(21)22)15-7-5-13(25-15)6-8-16-17(20(23)24)11(2)18-26-16/h3-9H,1-2H3/b8-6-. The largest absolute Gasteiger partial charge is 0.457 e. The molecule has 0 fully saturated rings. The first kappa shape index (κ1) is 17.1. The van der Waals surface area contributed by atoms with Gasteiger partial charge in [-0.1, -0.05) is 17.3 Å². The Hall–Kier alpha value is -3.75. The zero-order valence-electron chi connectivity index (χ0n) is 13.8. The highest BCUT2D eigenvalue weighted by atomic mass is 16.6. The average Bonchev–Trinajstić information content (AvgIpc) is 3.19. The summed E-state index contributed by atoms with van der Waals surface area (Å²) in [5.74, 6) is 0.860. The Morgan fingerprint density at radius 3 is 2.50 bits per heavy atom. The number of nitrogens with zero attached hydrogens (tertiary/aromatic N) is 3. The number of benzene rings is 1. The lowest BCUT2D eigenvalue weighted by atomic mass is 10.1. The van der Waals surface area contributed by atoms with Gasteiger partial charge in [-0.05, 0) is 38.1 Å². The molecule has 2 heterocycles.